The van der Waals surface area contributed by atoms with Gasteiger partial charge >= 0.3 is 15.6 Å². The Morgan fingerprint density at radius 1 is 0.970 bits per heavy atom. The highest BCUT2D eigenvalue weighted by molar-refractivity contribution is 7.88. The average Bonchev–Trinajstić information content (AvgIpc) is 3.12. The summed E-state index contributed by atoms with van der Waals surface area (Å²) in [7, 11) is -5.84. The summed E-state index contributed by atoms with van der Waals surface area (Å²) in [6, 6.07) is 14.1. The first-order valence-corrected chi connectivity index (χ1v) is 11.1. The predicted octanol–water partition coefficient (Wildman–Crippen LogP) is 4.03. The van der Waals surface area contributed by atoms with Crippen molar-refractivity contribution in [3.63, 3.8) is 0 Å². The molecule has 0 radical (unpaired) electrons. The highest BCUT2D eigenvalue weighted by Gasteiger charge is 2.48. The minimum absolute atomic E-state index is 0.216. The number of fused-ring (bicyclic) bond motifs is 1. The highest BCUT2D eigenvalue weighted by Crippen LogP contribution is 2.35. The number of nitrogens with zero attached hydrogens (tertiary/aromatic N) is 4. The first kappa shape index (κ1) is 22.5. The number of hydrogen-bond donors (Lipinski definition) is 0. The SMILES string of the molecule is CC(C)n1nc(-c2c(-c3ccccc3)nn3cc(OS(=O)(=O)C(F)(F)F)ccc23)ccc1=O. The molecule has 3 aromatic heterocycles. The van der Waals surface area contributed by atoms with E-state index in [4.69, 9.17) is 0 Å². The van der Waals surface area contributed by atoms with Crippen molar-refractivity contribution in [3.8, 4) is 28.3 Å². The first-order valence-electron chi connectivity index (χ1n) is 9.67. The normalized spacial score (nSPS) is 12.4. The molecule has 0 spiro atoms. The molecule has 4 aromatic rings. The summed E-state index contributed by atoms with van der Waals surface area (Å²) < 4.78 is 67.6. The van der Waals surface area contributed by atoms with E-state index in [2.05, 4.69) is 14.4 Å². The zero-order valence-corrected chi connectivity index (χ0v) is 18.1. The Bertz CT molecular complexity index is 1490. The summed E-state index contributed by atoms with van der Waals surface area (Å²) in [6.45, 7) is 3.61. The van der Waals surface area contributed by atoms with Crippen molar-refractivity contribution in [1.82, 2.24) is 19.4 Å². The second kappa shape index (κ2) is 8.03. The monoisotopic (exact) mass is 478 g/mol. The van der Waals surface area contributed by atoms with Crippen molar-refractivity contribution in [2.75, 3.05) is 0 Å². The molecule has 12 heteroatoms. The lowest BCUT2D eigenvalue weighted by atomic mass is 10.0. The Morgan fingerprint density at radius 3 is 2.30 bits per heavy atom. The molecular weight excluding hydrogens is 461 g/mol. The summed E-state index contributed by atoms with van der Waals surface area (Å²) in [5, 5.41) is 8.88. The fraction of sp³-hybridized carbons (Fsp3) is 0.190. The maximum absolute atomic E-state index is 12.7. The topological polar surface area (TPSA) is 95.6 Å². The van der Waals surface area contributed by atoms with E-state index < -0.39 is 21.4 Å². The van der Waals surface area contributed by atoms with E-state index in [9.17, 15) is 26.4 Å². The van der Waals surface area contributed by atoms with Crippen LogP contribution in [0.5, 0.6) is 5.75 Å². The highest BCUT2D eigenvalue weighted by atomic mass is 32.2. The first-order chi connectivity index (χ1) is 15.5. The molecule has 172 valence electrons. The van der Waals surface area contributed by atoms with Gasteiger partial charge in [-0.2, -0.15) is 31.8 Å². The molecular formula is C21H17F3N4O4S. The number of pyridine rings is 1. The Kier molecular flexibility index (Phi) is 5.48. The van der Waals surface area contributed by atoms with E-state index in [0.29, 0.717) is 28.0 Å². The third kappa shape index (κ3) is 4.21. The van der Waals surface area contributed by atoms with E-state index in [-0.39, 0.29) is 11.6 Å². The summed E-state index contributed by atoms with van der Waals surface area (Å²) >= 11 is 0. The van der Waals surface area contributed by atoms with Gasteiger partial charge in [-0.3, -0.25) is 4.79 Å². The second-order valence-corrected chi connectivity index (χ2v) is 8.90. The predicted molar refractivity (Wildman–Crippen MR) is 114 cm³/mol. The molecule has 8 nitrogen and oxygen atoms in total. The molecule has 1 aromatic carbocycles. The largest absolute Gasteiger partial charge is 0.534 e. The van der Waals surface area contributed by atoms with Crippen molar-refractivity contribution in [2.24, 2.45) is 0 Å². The Balaban J connectivity index is 1.94. The number of hydrogen-bond acceptors (Lipinski definition) is 6. The quantitative estimate of drug-likeness (QED) is 0.317. The van der Waals surface area contributed by atoms with Gasteiger partial charge in [0.05, 0.1) is 29.0 Å². The average molecular weight is 478 g/mol. The van der Waals surface area contributed by atoms with Gasteiger partial charge in [0.1, 0.15) is 5.69 Å². The molecule has 0 saturated carbocycles. The van der Waals surface area contributed by atoms with Gasteiger partial charge in [-0.25, -0.2) is 9.20 Å². The van der Waals surface area contributed by atoms with Gasteiger partial charge in [0.25, 0.3) is 5.56 Å². The van der Waals surface area contributed by atoms with Crippen LogP contribution < -0.4 is 9.74 Å². The second-order valence-electron chi connectivity index (χ2n) is 7.36. The molecule has 0 atom stereocenters. The molecule has 0 amide bonds. The molecule has 0 aliphatic rings. The lowest BCUT2D eigenvalue weighted by molar-refractivity contribution is -0.0500. The standard InChI is InChI=1S/C21H17F3N4O4S/c1-13(2)28-18(29)11-9-16(25-28)19-17-10-8-15(32-33(30,31)21(22,23)24)12-27(17)26-20(19)14-6-4-3-5-7-14/h3-13H,1-2H3. The molecule has 0 unspecified atom stereocenters. The maximum atomic E-state index is 12.7. The van der Waals surface area contributed by atoms with Crippen LogP contribution in [0.15, 0.2) is 65.6 Å². The fourth-order valence-corrected chi connectivity index (χ4v) is 3.68. The van der Waals surface area contributed by atoms with Gasteiger partial charge < -0.3 is 4.18 Å². The lowest BCUT2D eigenvalue weighted by Crippen LogP contribution is -2.28. The number of halogens is 3. The number of rotatable bonds is 5. The van der Waals surface area contributed by atoms with E-state index in [1.165, 1.54) is 27.4 Å². The third-order valence-corrected chi connectivity index (χ3v) is 5.69. The summed E-state index contributed by atoms with van der Waals surface area (Å²) in [4.78, 5) is 12.2. The van der Waals surface area contributed by atoms with Crippen LogP contribution in [0.2, 0.25) is 0 Å². The Hall–Kier alpha value is -3.67. The fourth-order valence-electron chi connectivity index (χ4n) is 3.23. The van der Waals surface area contributed by atoms with E-state index in [1.807, 2.05) is 6.07 Å². The number of benzene rings is 1. The van der Waals surface area contributed by atoms with Gasteiger partial charge in [0.15, 0.2) is 5.75 Å². The molecule has 0 aliphatic carbocycles. The van der Waals surface area contributed by atoms with Crippen LogP contribution in [-0.4, -0.2) is 33.3 Å². The zero-order chi connectivity index (χ0) is 24.0. The Morgan fingerprint density at radius 2 is 1.67 bits per heavy atom. The van der Waals surface area contributed by atoms with Crippen molar-refractivity contribution < 1.29 is 25.8 Å². The van der Waals surface area contributed by atoms with E-state index in [0.717, 1.165) is 12.3 Å². The third-order valence-electron chi connectivity index (χ3n) is 4.71. The summed E-state index contributed by atoms with van der Waals surface area (Å²) in [5.41, 5.74) is -3.39. The van der Waals surface area contributed by atoms with Gasteiger partial charge in [-0.05, 0) is 32.0 Å². The smallest absolute Gasteiger partial charge is 0.374 e. The summed E-state index contributed by atoms with van der Waals surface area (Å²) in [6.07, 6.45) is 1.03. The molecule has 33 heavy (non-hydrogen) atoms. The number of aromatic nitrogens is 4. The van der Waals surface area contributed by atoms with Crippen LogP contribution in [0, 0.1) is 0 Å². The van der Waals surface area contributed by atoms with E-state index in [1.54, 1.807) is 38.1 Å². The molecule has 0 saturated heterocycles. The Labute approximate surface area is 186 Å². The van der Waals surface area contributed by atoms with Gasteiger partial charge in [0, 0.05) is 11.6 Å². The maximum Gasteiger partial charge on any atom is 0.534 e. The molecule has 3 heterocycles. The van der Waals surface area contributed by atoms with Crippen LogP contribution >= 0.6 is 0 Å². The minimum atomic E-state index is -5.84. The lowest BCUT2D eigenvalue weighted by Gasteiger charge is -2.11. The molecule has 0 bridgehead atoms. The minimum Gasteiger partial charge on any atom is -0.374 e. The number of alkyl halides is 3. The van der Waals surface area contributed by atoms with Gasteiger partial charge in [-0.15, -0.1) is 0 Å². The van der Waals surface area contributed by atoms with Gasteiger partial charge in [0.2, 0.25) is 0 Å². The van der Waals surface area contributed by atoms with Crippen LogP contribution in [0.4, 0.5) is 13.2 Å². The van der Waals surface area contributed by atoms with Gasteiger partial charge in [-0.1, -0.05) is 30.3 Å². The van der Waals surface area contributed by atoms with Crippen LogP contribution in [0.3, 0.4) is 0 Å². The van der Waals surface area contributed by atoms with Crippen molar-refractivity contribution in [1.29, 1.82) is 0 Å². The molecule has 0 N–H and O–H groups in total. The van der Waals surface area contributed by atoms with Crippen molar-refractivity contribution >= 4 is 15.6 Å². The van der Waals surface area contributed by atoms with Crippen LogP contribution in [-0.2, 0) is 10.1 Å². The molecule has 0 fully saturated rings. The van der Waals surface area contributed by atoms with Crippen LogP contribution in [0.25, 0.3) is 28.0 Å². The van der Waals surface area contributed by atoms with Crippen molar-refractivity contribution in [3.05, 3.63) is 71.1 Å². The molecule has 4 rings (SSSR count). The summed E-state index contributed by atoms with van der Waals surface area (Å²) in [5.74, 6) is -0.561. The van der Waals surface area contributed by atoms with Crippen LogP contribution in [0.1, 0.15) is 19.9 Å². The zero-order valence-electron chi connectivity index (χ0n) is 17.3. The van der Waals surface area contributed by atoms with E-state index >= 15 is 0 Å². The molecule has 0 aliphatic heterocycles. The van der Waals surface area contributed by atoms with Crippen molar-refractivity contribution in [2.45, 2.75) is 25.4 Å².